The van der Waals surface area contributed by atoms with E-state index in [1.165, 1.54) is 4.90 Å². The fourth-order valence-electron chi connectivity index (χ4n) is 3.94. The largest absolute Gasteiger partial charge is 0.480 e. The molecule has 0 aliphatic carbocycles. The number of aliphatic carboxylic acids is 1. The van der Waals surface area contributed by atoms with Crippen LogP contribution in [-0.2, 0) is 11.3 Å². The number of carbonyl (C=O) groups is 4. The number of nitrogens with one attached hydrogen (secondary N) is 1. The number of urea groups is 1. The first kappa shape index (κ1) is 25.0. The van der Waals surface area contributed by atoms with Crippen molar-refractivity contribution in [2.75, 3.05) is 13.1 Å². The Labute approximate surface area is 199 Å². The highest BCUT2D eigenvalue weighted by molar-refractivity contribution is 6.21. The van der Waals surface area contributed by atoms with Gasteiger partial charge in [0.05, 0.1) is 11.1 Å². The zero-order valence-electron chi connectivity index (χ0n) is 19.8. The highest BCUT2D eigenvalue weighted by Gasteiger charge is 2.37. The zero-order valence-corrected chi connectivity index (χ0v) is 19.8. The van der Waals surface area contributed by atoms with Crippen LogP contribution in [0.5, 0.6) is 0 Å². The van der Waals surface area contributed by atoms with E-state index in [2.05, 4.69) is 5.32 Å². The first-order valence-electron chi connectivity index (χ1n) is 11.5. The van der Waals surface area contributed by atoms with Gasteiger partial charge in [0.2, 0.25) is 0 Å². The van der Waals surface area contributed by atoms with Gasteiger partial charge in [-0.1, -0.05) is 55.8 Å². The normalized spacial score (nSPS) is 13.7. The van der Waals surface area contributed by atoms with Crippen molar-refractivity contribution < 1.29 is 24.3 Å². The average molecular weight is 466 g/mol. The second-order valence-electron chi connectivity index (χ2n) is 8.97. The maximum atomic E-state index is 13.0. The molecule has 1 aliphatic heterocycles. The van der Waals surface area contributed by atoms with Gasteiger partial charge in [-0.3, -0.25) is 14.5 Å². The zero-order chi connectivity index (χ0) is 24.8. The van der Waals surface area contributed by atoms with Crippen molar-refractivity contribution in [3.05, 3.63) is 70.8 Å². The number of benzene rings is 2. The van der Waals surface area contributed by atoms with Crippen LogP contribution in [0.4, 0.5) is 4.79 Å². The molecule has 0 radical (unpaired) electrons. The first-order chi connectivity index (χ1) is 16.2. The van der Waals surface area contributed by atoms with E-state index in [1.54, 1.807) is 18.2 Å². The Morgan fingerprint density at radius 1 is 1.00 bits per heavy atom. The van der Waals surface area contributed by atoms with E-state index >= 15 is 0 Å². The lowest BCUT2D eigenvalue weighted by Gasteiger charge is -2.30. The number of carbonyl (C=O) groups excluding carboxylic acids is 3. The van der Waals surface area contributed by atoms with Gasteiger partial charge >= 0.3 is 12.0 Å². The number of hydrogen-bond acceptors (Lipinski definition) is 4. The van der Waals surface area contributed by atoms with Gasteiger partial charge in [0.25, 0.3) is 11.8 Å². The Morgan fingerprint density at radius 3 is 2.32 bits per heavy atom. The van der Waals surface area contributed by atoms with Crippen LogP contribution < -0.4 is 5.32 Å². The molecule has 1 aliphatic rings. The average Bonchev–Trinajstić information content (AvgIpc) is 3.03. The van der Waals surface area contributed by atoms with Crippen molar-refractivity contribution in [1.29, 1.82) is 0 Å². The van der Waals surface area contributed by atoms with Crippen LogP contribution in [0.2, 0.25) is 0 Å². The van der Waals surface area contributed by atoms with E-state index in [9.17, 15) is 24.3 Å². The van der Waals surface area contributed by atoms with Gasteiger partial charge < -0.3 is 15.3 Å². The van der Waals surface area contributed by atoms with E-state index < -0.39 is 29.9 Å². The van der Waals surface area contributed by atoms with Crippen molar-refractivity contribution in [1.82, 2.24) is 15.1 Å². The number of amides is 4. The Hall–Kier alpha value is -3.68. The van der Waals surface area contributed by atoms with Crippen LogP contribution in [0, 0.1) is 12.8 Å². The number of carboxylic acid groups (broad SMARTS) is 1. The summed E-state index contributed by atoms with van der Waals surface area (Å²) in [6.45, 7) is 6.25. The molecule has 1 heterocycles. The number of fused-ring (bicyclic) bond motifs is 1. The Morgan fingerprint density at radius 2 is 1.68 bits per heavy atom. The SMILES string of the molecule is Cc1ccc2c(c1)C(=O)N(CCC(C(=O)O)N(CCC(C)C)C(=O)NCc1ccccc1)C2=O. The van der Waals surface area contributed by atoms with Crippen molar-refractivity contribution in [2.45, 2.75) is 46.2 Å². The number of rotatable bonds is 10. The minimum atomic E-state index is -1.18. The lowest BCUT2D eigenvalue weighted by atomic mass is 10.1. The van der Waals surface area contributed by atoms with E-state index in [1.807, 2.05) is 51.1 Å². The molecule has 2 aromatic rings. The predicted octanol–water partition coefficient (Wildman–Crippen LogP) is 3.69. The molecule has 3 rings (SSSR count). The summed E-state index contributed by atoms with van der Waals surface area (Å²) in [6, 6.07) is 12.7. The number of carboxylic acids is 1. The molecule has 8 nitrogen and oxygen atoms in total. The van der Waals surface area contributed by atoms with Crippen LogP contribution in [0.1, 0.15) is 58.5 Å². The third-order valence-electron chi connectivity index (χ3n) is 5.91. The van der Waals surface area contributed by atoms with Gasteiger partial charge in [-0.2, -0.15) is 0 Å². The van der Waals surface area contributed by atoms with Crippen LogP contribution in [0.25, 0.3) is 0 Å². The molecule has 0 saturated heterocycles. The topological polar surface area (TPSA) is 107 Å². The summed E-state index contributed by atoms with van der Waals surface area (Å²) >= 11 is 0. The Kier molecular flexibility index (Phi) is 8.04. The van der Waals surface area contributed by atoms with Gasteiger partial charge in [-0.25, -0.2) is 9.59 Å². The van der Waals surface area contributed by atoms with Gasteiger partial charge in [0, 0.05) is 19.6 Å². The van der Waals surface area contributed by atoms with Crippen molar-refractivity contribution in [3.8, 4) is 0 Å². The fraction of sp³-hybridized carbons (Fsp3) is 0.385. The molecular weight excluding hydrogens is 434 g/mol. The van der Waals surface area contributed by atoms with Gasteiger partial charge in [-0.05, 0) is 43.4 Å². The molecule has 0 fully saturated rings. The maximum Gasteiger partial charge on any atom is 0.326 e. The lowest BCUT2D eigenvalue weighted by molar-refractivity contribution is -0.142. The van der Waals surface area contributed by atoms with Gasteiger partial charge in [-0.15, -0.1) is 0 Å². The van der Waals surface area contributed by atoms with Crippen LogP contribution in [0.3, 0.4) is 0 Å². The number of imide groups is 1. The molecular formula is C26H31N3O5. The summed E-state index contributed by atoms with van der Waals surface area (Å²) in [7, 11) is 0. The summed E-state index contributed by atoms with van der Waals surface area (Å²) in [4.78, 5) is 53.1. The highest BCUT2D eigenvalue weighted by atomic mass is 16.4. The molecule has 2 aromatic carbocycles. The third-order valence-corrected chi connectivity index (χ3v) is 5.91. The molecule has 0 spiro atoms. The Bertz CT molecular complexity index is 1070. The lowest BCUT2D eigenvalue weighted by Crippen LogP contribution is -2.51. The summed E-state index contributed by atoms with van der Waals surface area (Å²) in [5.74, 6) is -1.79. The minimum Gasteiger partial charge on any atom is -0.480 e. The highest BCUT2D eigenvalue weighted by Crippen LogP contribution is 2.24. The molecule has 34 heavy (non-hydrogen) atoms. The summed E-state index contributed by atoms with van der Waals surface area (Å²) < 4.78 is 0. The molecule has 4 amide bonds. The monoisotopic (exact) mass is 465 g/mol. The van der Waals surface area contributed by atoms with Crippen molar-refractivity contribution >= 4 is 23.8 Å². The van der Waals surface area contributed by atoms with Crippen LogP contribution in [-0.4, -0.2) is 57.9 Å². The molecule has 0 saturated carbocycles. The second kappa shape index (κ2) is 11.0. The smallest absolute Gasteiger partial charge is 0.326 e. The van der Waals surface area contributed by atoms with Crippen molar-refractivity contribution in [3.63, 3.8) is 0 Å². The van der Waals surface area contributed by atoms with Crippen LogP contribution >= 0.6 is 0 Å². The summed E-state index contributed by atoms with van der Waals surface area (Å²) in [5, 5.41) is 12.7. The van der Waals surface area contributed by atoms with Gasteiger partial charge in [0.15, 0.2) is 0 Å². The molecule has 2 N–H and O–H groups in total. The molecule has 0 aromatic heterocycles. The van der Waals surface area contributed by atoms with Gasteiger partial charge in [0.1, 0.15) is 6.04 Å². The van der Waals surface area contributed by atoms with E-state index in [4.69, 9.17) is 0 Å². The summed E-state index contributed by atoms with van der Waals surface area (Å²) in [5.41, 5.74) is 2.40. The molecule has 180 valence electrons. The van der Waals surface area contributed by atoms with E-state index in [-0.39, 0.29) is 32.0 Å². The second-order valence-corrected chi connectivity index (χ2v) is 8.97. The van der Waals surface area contributed by atoms with Crippen LogP contribution in [0.15, 0.2) is 48.5 Å². The molecule has 1 atom stereocenters. The Balaban J connectivity index is 1.73. The molecule has 1 unspecified atom stereocenters. The van der Waals surface area contributed by atoms with Crippen molar-refractivity contribution in [2.24, 2.45) is 5.92 Å². The number of nitrogens with zero attached hydrogens (tertiary/aromatic N) is 2. The minimum absolute atomic E-state index is 0.0589. The van der Waals surface area contributed by atoms with E-state index in [0.717, 1.165) is 16.0 Å². The maximum absolute atomic E-state index is 13.0. The van der Waals surface area contributed by atoms with E-state index in [0.29, 0.717) is 17.5 Å². The first-order valence-corrected chi connectivity index (χ1v) is 11.5. The summed E-state index contributed by atoms with van der Waals surface area (Å²) in [6.07, 6.45) is 0.561. The number of hydrogen-bond donors (Lipinski definition) is 2. The number of aryl methyl sites for hydroxylation is 1. The predicted molar refractivity (Wildman–Crippen MR) is 127 cm³/mol. The molecule has 0 bridgehead atoms. The standard InChI is InChI=1S/C26H31N3O5/c1-17(2)11-13-28(26(34)27-16-19-7-5-4-6-8-19)22(25(32)33)12-14-29-23(30)20-10-9-18(3)15-21(20)24(29)31/h4-10,15,17,22H,11-14,16H2,1-3H3,(H,27,34)(H,32,33). The molecule has 8 heteroatoms. The quantitative estimate of drug-likeness (QED) is 0.521. The fourth-order valence-corrected chi connectivity index (χ4v) is 3.94. The third kappa shape index (κ3) is 5.81.